The highest BCUT2D eigenvalue weighted by Crippen LogP contribution is 2.27. The van der Waals surface area contributed by atoms with E-state index in [0.29, 0.717) is 11.4 Å². The molecule has 0 aromatic heterocycles. The summed E-state index contributed by atoms with van der Waals surface area (Å²) in [5.74, 6) is -0.269. The van der Waals surface area contributed by atoms with Gasteiger partial charge in [0.1, 0.15) is 12.4 Å². The standard InChI is InChI=1S/C10H12N6O4/c17-11-5-9(15-19)13-7-3-1-2-4-8(7)14-10(16-20)6-12-18/h1-6,17-20H,(H,13,15)(H,14,16). The van der Waals surface area contributed by atoms with E-state index >= 15 is 0 Å². The van der Waals surface area contributed by atoms with Gasteiger partial charge in [-0.1, -0.05) is 22.4 Å². The summed E-state index contributed by atoms with van der Waals surface area (Å²) < 4.78 is 0. The second-order valence-corrected chi connectivity index (χ2v) is 3.20. The number of hydrogen-bond donors (Lipinski definition) is 6. The lowest BCUT2D eigenvalue weighted by Crippen LogP contribution is -2.20. The number of oxime groups is 2. The highest BCUT2D eigenvalue weighted by Gasteiger charge is 2.03. The Morgan fingerprint density at radius 2 is 1.25 bits per heavy atom. The summed E-state index contributed by atoms with van der Waals surface area (Å²) in [6.07, 6.45) is 1.75. The minimum absolute atomic E-state index is 0.135. The van der Waals surface area contributed by atoms with Crippen molar-refractivity contribution in [3.8, 4) is 0 Å². The molecule has 10 nitrogen and oxygen atoms in total. The SMILES string of the molecule is ON=CC(=Nc1ccccc1N=C(C=NO)NO)NO. The Morgan fingerprint density at radius 1 is 0.850 bits per heavy atom. The lowest BCUT2D eigenvalue weighted by molar-refractivity contribution is 0.236. The molecule has 0 fully saturated rings. The van der Waals surface area contributed by atoms with Crippen LogP contribution >= 0.6 is 0 Å². The Labute approximate surface area is 113 Å². The molecule has 0 unspecified atom stereocenters. The Hall–Kier alpha value is -2.98. The summed E-state index contributed by atoms with van der Waals surface area (Å²) in [5, 5.41) is 39.8. The number of para-hydroxylation sites is 2. The Morgan fingerprint density at radius 3 is 1.55 bits per heavy atom. The topological polar surface area (TPSA) is 154 Å². The molecule has 20 heavy (non-hydrogen) atoms. The van der Waals surface area contributed by atoms with Crippen LogP contribution in [0.25, 0.3) is 0 Å². The molecule has 0 aliphatic carbocycles. The number of amidine groups is 2. The van der Waals surface area contributed by atoms with Gasteiger partial charge in [0.15, 0.2) is 11.7 Å². The summed E-state index contributed by atoms with van der Waals surface area (Å²) in [5.41, 5.74) is 4.05. The Kier molecular flexibility index (Phi) is 6.17. The van der Waals surface area contributed by atoms with Crippen molar-refractivity contribution in [2.45, 2.75) is 0 Å². The van der Waals surface area contributed by atoms with Gasteiger partial charge >= 0.3 is 0 Å². The first-order chi connectivity index (χ1) is 9.74. The Bertz CT molecular complexity index is 505. The van der Waals surface area contributed by atoms with Gasteiger partial charge in [-0.3, -0.25) is 21.4 Å². The number of nitrogens with zero attached hydrogens (tertiary/aromatic N) is 4. The molecule has 0 bridgehead atoms. The van der Waals surface area contributed by atoms with Gasteiger partial charge in [0.2, 0.25) is 0 Å². The van der Waals surface area contributed by atoms with Gasteiger partial charge in [0.25, 0.3) is 0 Å². The van der Waals surface area contributed by atoms with Crippen LogP contribution in [0, 0.1) is 0 Å². The van der Waals surface area contributed by atoms with Gasteiger partial charge in [0, 0.05) is 0 Å². The van der Waals surface area contributed by atoms with Crippen molar-refractivity contribution in [2.75, 3.05) is 0 Å². The number of benzene rings is 1. The first-order valence-corrected chi connectivity index (χ1v) is 5.16. The first kappa shape index (κ1) is 15.1. The third-order valence-corrected chi connectivity index (χ3v) is 1.95. The molecule has 0 amide bonds. The third kappa shape index (κ3) is 4.36. The van der Waals surface area contributed by atoms with Gasteiger partial charge in [-0.15, -0.1) is 0 Å². The van der Waals surface area contributed by atoms with E-state index in [-0.39, 0.29) is 11.7 Å². The minimum Gasteiger partial charge on any atom is -0.411 e. The van der Waals surface area contributed by atoms with E-state index in [1.165, 1.54) is 0 Å². The average molecular weight is 280 g/mol. The van der Waals surface area contributed by atoms with Crippen LogP contribution in [-0.2, 0) is 0 Å². The van der Waals surface area contributed by atoms with Crippen LogP contribution in [0.5, 0.6) is 0 Å². The highest BCUT2D eigenvalue weighted by atomic mass is 16.5. The highest BCUT2D eigenvalue weighted by molar-refractivity contribution is 6.30. The normalized spacial score (nSPS) is 13.1. The number of nitrogens with one attached hydrogen (secondary N) is 2. The van der Waals surface area contributed by atoms with Crippen LogP contribution in [-0.4, -0.2) is 44.9 Å². The Balaban J connectivity index is 3.23. The molecule has 10 heteroatoms. The number of aliphatic imine (C=N–C) groups is 2. The molecule has 0 radical (unpaired) electrons. The first-order valence-electron chi connectivity index (χ1n) is 5.16. The van der Waals surface area contributed by atoms with E-state index in [4.69, 9.17) is 20.8 Å². The van der Waals surface area contributed by atoms with Crippen LogP contribution in [0.15, 0.2) is 44.6 Å². The summed E-state index contributed by atoms with van der Waals surface area (Å²) in [6, 6.07) is 6.45. The van der Waals surface area contributed by atoms with E-state index in [0.717, 1.165) is 12.4 Å². The predicted molar refractivity (Wildman–Crippen MR) is 71.0 cm³/mol. The molecule has 106 valence electrons. The van der Waals surface area contributed by atoms with Crippen molar-refractivity contribution in [1.82, 2.24) is 11.0 Å². The molecule has 1 aromatic carbocycles. The molecule has 6 N–H and O–H groups in total. The zero-order valence-corrected chi connectivity index (χ0v) is 10.0. The fourth-order valence-corrected chi connectivity index (χ4v) is 1.19. The van der Waals surface area contributed by atoms with Gasteiger partial charge in [-0.25, -0.2) is 9.98 Å². The van der Waals surface area contributed by atoms with Gasteiger partial charge in [-0.05, 0) is 12.1 Å². The number of hydroxylamine groups is 2. The number of rotatable bonds is 4. The molecule has 1 rings (SSSR count). The van der Waals surface area contributed by atoms with E-state index in [9.17, 15) is 0 Å². The van der Waals surface area contributed by atoms with E-state index in [1.54, 1.807) is 35.2 Å². The zero-order chi connectivity index (χ0) is 14.8. The predicted octanol–water partition coefficient (Wildman–Crippen LogP) is 0.624. The molecule has 0 aliphatic rings. The fourth-order valence-electron chi connectivity index (χ4n) is 1.19. The maximum Gasteiger partial charge on any atom is 0.172 e. The maximum absolute atomic E-state index is 8.80. The molecular formula is C10H12N6O4. The maximum atomic E-state index is 8.80. The molecule has 1 aromatic rings. The molecule has 0 atom stereocenters. The van der Waals surface area contributed by atoms with Crippen molar-refractivity contribution in [2.24, 2.45) is 20.3 Å². The quantitative estimate of drug-likeness (QED) is 0.205. The molecule has 0 heterocycles. The summed E-state index contributed by atoms with van der Waals surface area (Å²) in [6.45, 7) is 0. The van der Waals surface area contributed by atoms with Gasteiger partial charge in [0.05, 0.1) is 11.4 Å². The molecule has 0 saturated carbocycles. The van der Waals surface area contributed by atoms with Crippen molar-refractivity contribution in [3.63, 3.8) is 0 Å². The molecule has 0 spiro atoms. The number of hydrogen-bond acceptors (Lipinski definition) is 8. The third-order valence-electron chi connectivity index (χ3n) is 1.95. The summed E-state index contributed by atoms with van der Waals surface area (Å²) in [7, 11) is 0. The van der Waals surface area contributed by atoms with Gasteiger partial charge < -0.3 is 10.4 Å². The smallest absolute Gasteiger partial charge is 0.172 e. The second kappa shape index (κ2) is 8.18. The van der Waals surface area contributed by atoms with E-state index in [2.05, 4.69) is 20.3 Å². The van der Waals surface area contributed by atoms with E-state index < -0.39 is 0 Å². The van der Waals surface area contributed by atoms with Crippen LogP contribution in [0.2, 0.25) is 0 Å². The fraction of sp³-hybridized carbons (Fsp3) is 0. The second-order valence-electron chi connectivity index (χ2n) is 3.20. The monoisotopic (exact) mass is 280 g/mol. The van der Waals surface area contributed by atoms with Crippen LogP contribution in [0.1, 0.15) is 0 Å². The summed E-state index contributed by atoms with van der Waals surface area (Å²) >= 11 is 0. The van der Waals surface area contributed by atoms with Crippen LogP contribution in [0.3, 0.4) is 0 Å². The zero-order valence-electron chi connectivity index (χ0n) is 10.0. The van der Waals surface area contributed by atoms with E-state index in [1.807, 2.05) is 0 Å². The lowest BCUT2D eigenvalue weighted by Gasteiger charge is -2.03. The molecular weight excluding hydrogens is 268 g/mol. The van der Waals surface area contributed by atoms with Gasteiger partial charge in [-0.2, -0.15) is 0 Å². The van der Waals surface area contributed by atoms with Crippen molar-refractivity contribution >= 4 is 35.5 Å². The van der Waals surface area contributed by atoms with Crippen molar-refractivity contribution in [1.29, 1.82) is 0 Å². The van der Waals surface area contributed by atoms with Crippen LogP contribution in [0.4, 0.5) is 11.4 Å². The van der Waals surface area contributed by atoms with Crippen molar-refractivity contribution in [3.05, 3.63) is 24.3 Å². The lowest BCUT2D eigenvalue weighted by atomic mass is 10.3. The van der Waals surface area contributed by atoms with Crippen LogP contribution < -0.4 is 11.0 Å². The molecule has 0 aliphatic heterocycles. The van der Waals surface area contributed by atoms with Crippen molar-refractivity contribution < 1.29 is 20.8 Å². The summed E-state index contributed by atoms with van der Waals surface area (Å²) in [4.78, 5) is 7.87. The average Bonchev–Trinajstić information content (AvgIpc) is 2.48. The largest absolute Gasteiger partial charge is 0.411 e. The minimum atomic E-state index is -0.135. The molecule has 0 saturated heterocycles.